The third kappa shape index (κ3) is 6.11. The molecule has 6 nitrogen and oxygen atoms in total. The minimum Gasteiger partial charge on any atom is -0.333 e. The first-order valence-corrected chi connectivity index (χ1v) is 15.1. The molecular formula is C35H31N5OS. The van der Waals surface area contributed by atoms with Crippen LogP contribution >= 0.6 is 11.8 Å². The smallest absolute Gasteiger partial charge is 0.233 e. The van der Waals surface area contributed by atoms with Gasteiger partial charge in [-0.3, -0.25) is 4.79 Å². The first-order chi connectivity index (χ1) is 20.7. The summed E-state index contributed by atoms with van der Waals surface area (Å²) >= 11 is 1.43. The number of hydrogen-bond donors (Lipinski definition) is 0. The average Bonchev–Trinajstić information content (AvgIpc) is 3.47. The molecule has 0 unspecified atom stereocenters. The van der Waals surface area contributed by atoms with Crippen molar-refractivity contribution in [2.45, 2.75) is 31.7 Å². The Morgan fingerprint density at radius 2 is 1.36 bits per heavy atom. The molecule has 6 aromatic rings. The standard InChI is InChI=1S/C35H31N5OS/c1-2-40-34(30-22-32(28-18-10-5-11-19-28)36-31-21-13-12-20-29(30)31)37-38-35(40)42-25-33(41)39(23-26-14-6-3-7-15-26)24-27-16-8-4-9-17-27/h3-22H,2,23-25H2,1H3. The Hall–Kier alpha value is -4.75. The molecule has 0 aliphatic heterocycles. The Labute approximate surface area is 250 Å². The Balaban J connectivity index is 1.28. The molecule has 0 atom stereocenters. The third-order valence-corrected chi connectivity index (χ3v) is 8.12. The van der Waals surface area contributed by atoms with Gasteiger partial charge in [-0.1, -0.05) is 121 Å². The van der Waals surface area contributed by atoms with Crippen LogP contribution in [0.25, 0.3) is 33.5 Å². The first-order valence-electron chi connectivity index (χ1n) is 14.1. The van der Waals surface area contributed by atoms with E-state index in [0.29, 0.717) is 19.6 Å². The zero-order chi connectivity index (χ0) is 28.7. The molecule has 0 N–H and O–H groups in total. The molecule has 0 radical (unpaired) electrons. The van der Waals surface area contributed by atoms with E-state index in [0.717, 1.165) is 49.8 Å². The maximum Gasteiger partial charge on any atom is 0.233 e. The minimum absolute atomic E-state index is 0.0561. The number of fused-ring (bicyclic) bond motifs is 1. The van der Waals surface area contributed by atoms with Crippen molar-refractivity contribution in [2.75, 3.05) is 5.75 Å². The van der Waals surface area contributed by atoms with Crippen molar-refractivity contribution in [1.29, 1.82) is 0 Å². The zero-order valence-corrected chi connectivity index (χ0v) is 24.2. The number of amides is 1. The molecule has 7 heteroatoms. The second kappa shape index (κ2) is 12.8. The molecule has 4 aromatic carbocycles. The predicted molar refractivity (Wildman–Crippen MR) is 170 cm³/mol. The van der Waals surface area contributed by atoms with Gasteiger partial charge in [-0.2, -0.15) is 0 Å². The highest BCUT2D eigenvalue weighted by atomic mass is 32.2. The lowest BCUT2D eigenvalue weighted by Gasteiger charge is -2.23. The van der Waals surface area contributed by atoms with E-state index in [1.807, 2.05) is 77.7 Å². The second-order valence-corrected chi connectivity index (χ2v) is 10.9. The van der Waals surface area contributed by atoms with Gasteiger partial charge in [0.1, 0.15) is 0 Å². The van der Waals surface area contributed by atoms with Crippen molar-refractivity contribution < 1.29 is 4.79 Å². The van der Waals surface area contributed by atoms with E-state index in [2.05, 4.69) is 70.2 Å². The van der Waals surface area contributed by atoms with Crippen molar-refractivity contribution in [1.82, 2.24) is 24.6 Å². The fourth-order valence-electron chi connectivity index (χ4n) is 5.05. The number of carbonyl (C=O) groups is 1. The number of carbonyl (C=O) groups excluding carboxylic acids is 1. The topological polar surface area (TPSA) is 63.9 Å². The summed E-state index contributed by atoms with van der Waals surface area (Å²) in [5, 5.41) is 10.9. The fraction of sp³-hybridized carbons (Fsp3) is 0.143. The zero-order valence-electron chi connectivity index (χ0n) is 23.4. The molecule has 0 saturated heterocycles. The normalized spacial score (nSPS) is 11.1. The average molecular weight is 570 g/mol. The molecule has 1 amide bonds. The minimum atomic E-state index is 0.0561. The lowest BCUT2D eigenvalue weighted by atomic mass is 10.0. The Kier molecular flexibility index (Phi) is 8.38. The Morgan fingerprint density at radius 3 is 2.00 bits per heavy atom. The SMILES string of the molecule is CCn1c(SCC(=O)N(Cc2ccccc2)Cc2ccccc2)nnc1-c1cc(-c2ccccc2)nc2ccccc12. The highest BCUT2D eigenvalue weighted by Gasteiger charge is 2.20. The van der Waals surface area contributed by atoms with Gasteiger partial charge in [0.25, 0.3) is 0 Å². The van der Waals surface area contributed by atoms with Gasteiger partial charge < -0.3 is 9.47 Å². The molecule has 0 fully saturated rings. The molecular weight excluding hydrogens is 538 g/mol. The summed E-state index contributed by atoms with van der Waals surface area (Å²) in [7, 11) is 0. The van der Waals surface area contributed by atoms with Gasteiger partial charge >= 0.3 is 0 Å². The van der Waals surface area contributed by atoms with E-state index in [-0.39, 0.29) is 11.7 Å². The van der Waals surface area contributed by atoms with Crippen molar-refractivity contribution in [2.24, 2.45) is 0 Å². The molecule has 0 aliphatic rings. The summed E-state index contributed by atoms with van der Waals surface area (Å²) in [5.41, 5.74) is 6.01. The molecule has 0 saturated carbocycles. The van der Waals surface area contributed by atoms with Crippen molar-refractivity contribution >= 4 is 28.6 Å². The molecule has 208 valence electrons. The molecule has 6 rings (SSSR count). The lowest BCUT2D eigenvalue weighted by Crippen LogP contribution is -2.31. The lowest BCUT2D eigenvalue weighted by molar-refractivity contribution is -0.129. The van der Waals surface area contributed by atoms with Gasteiger partial charge in [0, 0.05) is 36.1 Å². The van der Waals surface area contributed by atoms with Crippen LogP contribution in [0.4, 0.5) is 0 Å². The van der Waals surface area contributed by atoms with E-state index in [1.165, 1.54) is 11.8 Å². The van der Waals surface area contributed by atoms with Crippen molar-refractivity contribution in [3.05, 3.63) is 132 Å². The summed E-state index contributed by atoms with van der Waals surface area (Å²) in [6, 6.07) is 40.6. The van der Waals surface area contributed by atoms with Crippen LogP contribution in [-0.4, -0.2) is 36.3 Å². The van der Waals surface area contributed by atoms with Gasteiger partial charge in [0.2, 0.25) is 5.91 Å². The molecule has 2 heterocycles. The van der Waals surface area contributed by atoms with Gasteiger partial charge in [-0.25, -0.2) is 4.98 Å². The van der Waals surface area contributed by atoms with E-state index in [9.17, 15) is 4.79 Å². The van der Waals surface area contributed by atoms with E-state index < -0.39 is 0 Å². The second-order valence-electron chi connectivity index (χ2n) is 10.00. The summed E-state index contributed by atoms with van der Waals surface area (Å²) in [5.74, 6) is 1.10. The number of hydrogen-bond acceptors (Lipinski definition) is 5. The van der Waals surface area contributed by atoms with E-state index in [4.69, 9.17) is 4.98 Å². The molecule has 2 aromatic heterocycles. The molecule has 0 spiro atoms. The van der Waals surface area contributed by atoms with Crippen LogP contribution in [0.5, 0.6) is 0 Å². The first kappa shape index (κ1) is 27.4. The highest BCUT2D eigenvalue weighted by molar-refractivity contribution is 7.99. The quantitative estimate of drug-likeness (QED) is 0.160. The number of para-hydroxylation sites is 1. The predicted octanol–water partition coefficient (Wildman–Crippen LogP) is 7.50. The molecule has 0 bridgehead atoms. The largest absolute Gasteiger partial charge is 0.333 e. The highest BCUT2D eigenvalue weighted by Crippen LogP contribution is 2.33. The number of rotatable bonds is 10. The van der Waals surface area contributed by atoms with Crippen molar-refractivity contribution in [3.8, 4) is 22.6 Å². The maximum absolute atomic E-state index is 13.6. The van der Waals surface area contributed by atoms with Crippen molar-refractivity contribution in [3.63, 3.8) is 0 Å². The number of nitrogens with zero attached hydrogens (tertiary/aromatic N) is 5. The molecule has 0 aliphatic carbocycles. The van der Waals surface area contributed by atoms with Gasteiger partial charge in [0.15, 0.2) is 11.0 Å². The van der Waals surface area contributed by atoms with Crippen LogP contribution in [0.3, 0.4) is 0 Å². The van der Waals surface area contributed by atoms with E-state index >= 15 is 0 Å². The Bertz CT molecular complexity index is 1750. The fourth-order valence-corrected chi connectivity index (χ4v) is 5.96. The van der Waals surface area contributed by atoms with Crippen LogP contribution < -0.4 is 0 Å². The van der Waals surface area contributed by atoms with Crippen LogP contribution in [0.1, 0.15) is 18.1 Å². The van der Waals surface area contributed by atoms with Gasteiger partial charge in [-0.05, 0) is 30.2 Å². The summed E-state index contributed by atoms with van der Waals surface area (Å²) in [6.45, 7) is 3.85. The van der Waals surface area contributed by atoms with Crippen LogP contribution in [0.15, 0.2) is 126 Å². The van der Waals surface area contributed by atoms with Crippen LogP contribution in [0.2, 0.25) is 0 Å². The monoisotopic (exact) mass is 569 g/mol. The van der Waals surface area contributed by atoms with Gasteiger partial charge in [-0.15, -0.1) is 10.2 Å². The Morgan fingerprint density at radius 1 is 0.762 bits per heavy atom. The number of thioether (sulfide) groups is 1. The number of pyridine rings is 1. The maximum atomic E-state index is 13.6. The number of benzene rings is 4. The summed E-state index contributed by atoms with van der Waals surface area (Å²) < 4.78 is 2.09. The number of aromatic nitrogens is 4. The summed E-state index contributed by atoms with van der Waals surface area (Å²) in [4.78, 5) is 20.5. The van der Waals surface area contributed by atoms with E-state index in [1.54, 1.807) is 0 Å². The van der Waals surface area contributed by atoms with Crippen LogP contribution in [0, 0.1) is 0 Å². The molecule has 42 heavy (non-hydrogen) atoms. The third-order valence-electron chi connectivity index (χ3n) is 7.17. The summed E-state index contributed by atoms with van der Waals surface area (Å²) in [6.07, 6.45) is 0. The van der Waals surface area contributed by atoms with Crippen LogP contribution in [-0.2, 0) is 24.4 Å². The van der Waals surface area contributed by atoms with Gasteiger partial charge in [0.05, 0.1) is 17.0 Å².